The molecule has 2 amide bonds. The van der Waals surface area contributed by atoms with Crippen LogP contribution < -0.4 is 5.32 Å². The largest absolute Gasteiger partial charge is 0.481 e. The van der Waals surface area contributed by atoms with Gasteiger partial charge in [0.1, 0.15) is 0 Å². The van der Waals surface area contributed by atoms with Crippen molar-refractivity contribution in [1.82, 2.24) is 4.90 Å². The minimum Gasteiger partial charge on any atom is -0.481 e. The van der Waals surface area contributed by atoms with Gasteiger partial charge in [-0.05, 0) is 37.0 Å². The number of urea groups is 1. The molecule has 1 aliphatic rings. The fourth-order valence-corrected chi connectivity index (χ4v) is 2.97. The van der Waals surface area contributed by atoms with Gasteiger partial charge < -0.3 is 15.3 Å². The molecule has 0 radical (unpaired) electrons. The van der Waals surface area contributed by atoms with Crippen molar-refractivity contribution in [1.29, 1.82) is 0 Å². The van der Waals surface area contributed by atoms with Gasteiger partial charge >= 0.3 is 18.2 Å². The number of hydrogen-bond donors (Lipinski definition) is 2. The molecule has 1 heterocycles. The number of likely N-dealkylation sites (tertiary alicyclic amines) is 1. The zero-order valence-corrected chi connectivity index (χ0v) is 13.4. The molecule has 1 aromatic rings. The van der Waals surface area contributed by atoms with Crippen LogP contribution in [0.2, 0.25) is 0 Å². The normalized spacial score (nSPS) is 21.5. The zero-order chi connectivity index (χ0) is 18.1. The number of carbonyl (C=O) groups excluding carboxylic acids is 1. The molecular formula is C16H19F3N2O3. The molecule has 8 heteroatoms. The Labute approximate surface area is 137 Å². The number of rotatable bonds is 2. The van der Waals surface area contributed by atoms with Crippen LogP contribution in [-0.2, 0) is 11.0 Å². The van der Waals surface area contributed by atoms with Crippen LogP contribution in [-0.4, -0.2) is 35.1 Å². The van der Waals surface area contributed by atoms with E-state index in [4.69, 9.17) is 5.11 Å². The molecule has 1 aromatic carbocycles. The number of alkyl halides is 3. The van der Waals surface area contributed by atoms with Gasteiger partial charge in [-0.3, -0.25) is 4.79 Å². The van der Waals surface area contributed by atoms with E-state index in [9.17, 15) is 22.8 Å². The summed E-state index contributed by atoms with van der Waals surface area (Å²) in [6.07, 6.45) is -4.03. The monoisotopic (exact) mass is 344 g/mol. The van der Waals surface area contributed by atoms with Crippen LogP contribution in [0.15, 0.2) is 18.2 Å². The Kier molecular flexibility index (Phi) is 5.05. The second kappa shape index (κ2) is 6.70. The van der Waals surface area contributed by atoms with Crippen LogP contribution in [0.5, 0.6) is 0 Å². The third kappa shape index (κ3) is 3.98. The second-order valence-corrected chi connectivity index (χ2v) is 6.19. The molecule has 0 aromatic heterocycles. The Morgan fingerprint density at radius 3 is 2.54 bits per heavy atom. The second-order valence-electron chi connectivity index (χ2n) is 6.19. The molecule has 5 nitrogen and oxygen atoms in total. The van der Waals surface area contributed by atoms with E-state index in [1.807, 2.05) is 6.92 Å². The molecule has 0 saturated carbocycles. The van der Waals surface area contributed by atoms with Crippen LogP contribution in [0.1, 0.15) is 24.5 Å². The molecule has 1 fully saturated rings. The van der Waals surface area contributed by atoms with Gasteiger partial charge in [0.25, 0.3) is 0 Å². The predicted octanol–water partition coefficient (Wildman–Crippen LogP) is 3.59. The van der Waals surface area contributed by atoms with Gasteiger partial charge in [-0.25, -0.2) is 4.79 Å². The third-order valence-corrected chi connectivity index (χ3v) is 4.18. The highest BCUT2D eigenvalue weighted by molar-refractivity contribution is 5.90. The lowest BCUT2D eigenvalue weighted by molar-refractivity contribution is -0.143. The molecule has 2 rings (SSSR count). The Morgan fingerprint density at radius 2 is 1.96 bits per heavy atom. The highest BCUT2D eigenvalue weighted by atomic mass is 19.4. The van der Waals surface area contributed by atoms with Crippen molar-refractivity contribution in [2.24, 2.45) is 11.8 Å². The summed E-state index contributed by atoms with van der Waals surface area (Å²) in [5.41, 5.74) is -0.811. The Balaban J connectivity index is 2.16. The maximum Gasteiger partial charge on any atom is 0.416 e. The highest BCUT2D eigenvalue weighted by Crippen LogP contribution is 2.34. The number of carbonyl (C=O) groups is 2. The van der Waals surface area contributed by atoms with Crippen molar-refractivity contribution in [2.45, 2.75) is 26.4 Å². The first-order chi connectivity index (χ1) is 11.1. The zero-order valence-electron chi connectivity index (χ0n) is 13.4. The number of aliphatic carboxylic acids is 1. The summed E-state index contributed by atoms with van der Waals surface area (Å²) in [4.78, 5) is 24.8. The Bertz CT molecular complexity index is 646. The van der Waals surface area contributed by atoms with E-state index in [1.54, 1.807) is 0 Å². The predicted molar refractivity (Wildman–Crippen MR) is 81.7 cm³/mol. The summed E-state index contributed by atoms with van der Waals surface area (Å²) in [7, 11) is 0. The molecule has 0 bridgehead atoms. The first-order valence-electron chi connectivity index (χ1n) is 7.55. The van der Waals surface area contributed by atoms with Gasteiger partial charge in [-0.1, -0.05) is 13.0 Å². The van der Waals surface area contributed by atoms with E-state index in [0.717, 1.165) is 6.07 Å². The molecule has 2 unspecified atom stereocenters. The van der Waals surface area contributed by atoms with E-state index >= 15 is 0 Å². The van der Waals surface area contributed by atoms with Gasteiger partial charge in [0.05, 0.1) is 11.5 Å². The minimum atomic E-state index is -4.50. The van der Waals surface area contributed by atoms with E-state index in [1.165, 1.54) is 24.0 Å². The first kappa shape index (κ1) is 18.1. The summed E-state index contributed by atoms with van der Waals surface area (Å²) >= 11 is 0. The number of carboxylic acid groups (broad SMARTS) is 1. The van der Waals surface area contributed by atoms with Gasteiger partial charge in [0.15, 0.2) is 0 Å². The average Bonchev–Trinajstić information content (AvgIpc) is 2.47. The Morgan fingerprint density at radius 1 is 1.29 bits per heavy atom. The van der Waals surface area contributed by atoms with E-state index in [2.05, 4.69) is 5.32 Å². The molecular weight excluding hydrogens is 325 g/mol. The third-order valence-electron chi connectivity index (χ3n) is 4.18. The molecule has 0 aliphatic carbocycles. The fraction of sp³-hybridized carbons (Fsp3) is 0.500. The van der Waals surface area contributed by atoms with E-state index in [-0.39, 0.29) is 23.7 Å². The van der Waals surface area contributed by atoms with E-state index < -0.39 is 29.7 Å². The van der Waals surface area contributed by atoms with Crippen molar-refractivity contribution >= 4 is 17.7 Å². The summed E-state index contributed by atoms with van der Waals surface area (Å²) in [5.74, 6) is -1.63. The van der Waals surface area contributed by atoms with Crippen molar-refractivity contribution in [3.05, 3.63) is 29.3 Å². The topological polar surface area (TPSA) is 69.6 Å². The minimum absolute atomic E-state index is 0.00760. The lowest BCUT2D eigenvalue weighted by Gasteiger charge is -2.34. The number of piperidine rings is 1. The number of amides is 2. The first-order valence-corrected chi connectivity index (χ1v) is 7.55. The highest BCUT2D eigenvalue weighted by Gasteiger charge is 2.34. The summed E-state index contributed by atoms with van der Waals surface area (Å²) < 4.78 is 38.8. The van der Waals surface area contributed by atoms with Crippen LogP contribution in [0.4, 0.5) is 23.7 Å². The molecule has 0 spiro atoms. The number of nitrogens with one attached hydrogen (secondary N) is 1. The number of hydrogen-bond acceptors (Lipinski definition) is 2. The molecule has 2 atom stereocenters. The van der Waals surface area contributed by atoms with Gasteiger partial charge in [-0.2, -0.15) is 13.2 Å². The summed E-state index contributed by atoms with van der Waals surface area (Å²) in [5, 5.41) is 11.6. The van der Waals surface area contributed by atoms with Crippen molar-refractivity contribution in [2.75, 3.05) is 18.4 Å². The standard InChI is InChI=1S/C16H19F3N2O3/c1-9-6-11(14(22)23)8-21(7-9)15(24)20-13-5-3-4-12(10(13)2)16(17,18)19/h3-5,9,11H,6-8H2,1-2H3,(H,20,24)(H,22,23). The number of nitrogens with zero attached hydrogens (tertiary/aromatic N) is 1. The van der Waals surface area contributed by atoms with Crippen molar-refractivity contribution < 1.29 is 27.9 Å². The SMILES string of the molecule is Cc1c(NC(=O)N2CC(C)CC(C(=O)O)C2)cccc1C(F)(F)F. The van der Waals surface area contributed by atoms with Gasteiger partial charge in [-0.15, -0.1) is 0 Å². The quantitative estimate of drug-likeness (QED) is 0.861. The molecule has 1 saturated heterocycles. The van der Waals surface area contributed by atoms with Crippen molar-refractivity contribution in [3.8, 4) is 0 Å². The number of benzene rings is 1. The maximum atomic E-state index is 12.9. The van der Waals surface area contributed by atoms with Gasteiger partial charge in [0.2, 0.25) is 0 Å². The molecule has 1 aliphatic heterocycles. The number of halogens is 3. The smallest absolute Gasteiger partial charge is 0.416 e. The maximum absolute atomic E-state index is 12.9. The van der Waals surface area contributed by atoms with E-state index in [0.29, 0.717) is 13.0 Å². The van der Waals surface area contributed by atoms with Crippen LogP contribution in [0.3, 0.4) is 0 Å². The fourth-order valence-electron chi connectivity index (χ4n) is 2.97. The molecule has 24 heavy (non-hydrogen) atoms. The summed E-state index contributed by atoms with van der Waals surface area (Å²) in [6, 6.07) is 2.98. The number of carboxylic acids is 1. The number of anilines is 1. The van der Waals surface area contributed by atoms with Gasteiger partial charge in [0, 0.05) is 18.8 Å². The lowest BCUT2D eigenvalue weighted by atomic mass is 9.91. The van der Waals surface area contributed by atoms with Crippen LogP contribution in [0, 0.1) is 18.8 Å². The molecule has 132 valence electrons. The van der Waals surface area contributed by atoms with Crippen molar-refractivity contribution in [3.63, 3.8) is 0 Å². The summed E-state index contributed by atoms with van der Waals surface area (Å²) in [6.45, 7) is 3.54. The van der Waals surface area contributed by atoms with Crippen LogP contribution in [0.25, 0.3) is 0 Å². The molecule has 2 N–H and O–H groups in total. The average molecular weight is 344 g/mol. The lowest BCUT2D eigenvalue weighted by Crippen LogP contribution is -2.47. The van der Waals surface area contributed by atoms with Crippen LogP contribution >= 0.6 is 0 Å². The Hall–Kier alpha value is -2.25.